The molecule has 1 aromatic heterocycles. The molecule has 2 aromatic carbocycles. The lowest BCUT2D eigenvalue weighted by Crippen LogP contribution is -2.36. The summed E-state index contributed by atoms with van der Waals surface area (Å²) in [6, 6.07) is 10.1. The highest BCUT2D eigenvalue weighted by Crippen LogP contribution is 2.35. The van der Waals surface area contributed by atoms with Crippen LogP contribution in [0.15, 0.2) is 34.7 Å². The van der Waals surface area contributed by atoms with Crippen LogP contribution in [-0.2, 0) is 15.3 Å². The van der Waals surface area contributed by atoms with E-state index in [4.69, 9.17) is 4.98 Å². The molecule has 1 aliphatic carbocycles. The second kappa shape index (κ2) is 9.63. The van der Waals surface area contributed by atoms with Gasteiger partial charge >= 0.3 is 5.97 Å². The van der Waals surface area contributed by atoms with E-state index in [1.165, 1.54) is 22.3 Å². The molecule has 0 radical (unpaired) electrons. The fraction of sp³-hybridized carbons (Fsp3) is 0.400. The maximum Gasteiger partial charge on any atom is 0.307 e. The normalized spacial score (nSPS) is 18.6. The van der Waals surface area contributed by atoms with E-state index >= 15 is 0 Å². The van der Waals surface area contributed by atoms with E-state index in [2.05, 4.69) is 38.2 Å². The summed E-state index contributed by atoms with van der Waals surface area (Å²) in [7, 11) is 0. The first-order chi connectivity index (χ1) is 15.3. The molecule has 2 N–H and O–H groups in total. The SMILES string of the molecule is Cc1cc(C)c(CSc2nc3ccc(NC(=O)[C@@H]4CCCC[C@@H]4C(=O)O)cc3s2)c(C)c1. The van der Waals surface area contributed by atoms with Crippen molar-refractivity contribution in [3.8, 4) is 0 Å². The Morgan fingerprint density at radius 2 is 1.78 bits per heavy atom. The van der Waals surface area contributed by atoms with E-state index in [1.807, 2.05) is 18.2 Å². The molecule has 7 heteroatoms. The van der Waals surface area contributed by atoms with Gasteiger partial charge in [0.1, 0.15) is 0 Å². The predicted molar refractivity (Wildman–Crippen MR) is 132 cm³/mol. The summed E-state index contributed by atoms with van der Waals surface area (Å²) in [5.74, 6) is -1.25. The van der Waals surface area contributed by atoms with E-state index in [-0.39, 0.29) is 5.91 Å². The number of rotatable bonds is 6. The molecule has 1 heterocycles. The maximum absolute atomic E-state index is 12.8. The fourth-order valence-corrected chi connectivity index (χ4v) is 6.89. The third-order valence-corrected chi connectivity index (χ3v) is 8.42. The van der Waals surface area contributed by atoms with Crippen molar-refractivity contribution in [2.24, 2.45) is 11.8 Å². The zero-order valence-corrected chi connectivity index (χ0v) is 20.2. The summed E-state index contributed by atoms with van der Waals surface area (Å²) in [6.07, 6.45) is 2.97. The summed E-state index contributed by atoms with van der Waals surface area (Å²) in [5.41, 5.74) is 6.86. The number of anilines is 1. The summed E-state index contributed by atoms with van der Waals surface area (Å²) in [6.45, 7) is 6.44. The highest BCUT2D eigenvalue weighted by Gasteiger charge is 2.35. The predicted octanol–water partition coefficient (Wildman–Crippen LogP) is 6.34. The Labute approximate surface area is 196 Å². The summed E-state index contributed by atoms with van der Waals surface area (Å²) < 4.78 is 2.02. The van der Waals surface area contributed by atoms with Gasteiger partial charge in [-0.2, -0.15) is 0 Å². The van der Waals surface area contributed by atoms with E-state index in [9.17, 15) is 14.7 Å². The molecule has 1 aliphatic rings. The number of thiazole rings is 1. The number of carboxylic acid groups (broad SMARTS) is 1. The molecule has 32 heavy (non-hydrogen) atoms. The number of carbonyl (C=O) groups is 2. The van der Waals surface area contributed by atoms with E-state index in [0.717, 1.165) is 33.2 Å². The van der Waals surface area contributed by atoms with Gasteiger partial charge in [-0.3, -0.25) is 9.59 Å². The molecule has 168 valence electrons. The van der Waals surface area contributed by atoms with Gasteiger partial charge < -0.3 is 10.4 Å². The van der Waals surface area contributed by atoms with E-state index < -0.39 is 17.8 Å². The van der Waals surface area contributed by atoms with Crippen LogP contribution in [0.25, 0.3) is 10.2 Å². The molecule has 0 saturated heterocycles. The average Bonchev–Trinajstić information content (AvgIpc) is 3.15. The first kappa shape index (κ1) is 22.8. The van der Waals surface area contributed by atoms with E-state index in [1.54, 1.807) is 23.1 Å². The van der Waals surface area contributed by atoms with Crippen molar-refractivity contribution < 1.29 is 14.7 Å². The number of benzene rings is 2. The summed E-state index contributed by atoms with van der Waals surface area (Å²) >= 11 is 3.35. The molecular weight excluding hydrogens is 440 g/mol. The first-order valence-electron chi connectivity index (χ1n) is 11.0. The Morgan fingerprint density at radius 1 is 1.09 bits per heavy atom. The van der Waals surface area contributed by atoms with Crippen molar-refractivity contribution in [2.45, 2.75) is 56.5 Å². The number of nitrogens with zero attached hydrogens (tertiary/aromatic N) is 1. The Hall–Kier alpha value is -2.38. The number of carboxylic acids is 1. The van der Waals surface area contributed by atoms with Crippen LogP contribution < -0.4 is 5.32 Å². The van der Waals surface area contributed by atoms with Gasteiger partial charge in [0, 0.05) is 11.4 Å². The van der Waals surface area contributed by atoms with Crippen LogP contribution in [0.1, 0.15) is 47.9 Å². The number of aliphatic carboxylic acids is 1. The standard InChI is InChI=1S/C25H28N2O3S2/c1-14-10-15(2)20(16(3)11-14)13-31-25-27-21-9-8-17(12-22(21)32-25)26-23(28)18-6-4-5-7-19(18)24(29)30/h8-12,18-19H,4-7,13H2,1-3H3,(H,26,28)(H,29,30)/t18-,19+/m1/s1. The number of amides is 1. The van der Waals surface area contributed by atoms with Gasteiger partial charge in [0.15, 0.2) is 4.34 Å². The van der Waals surface area contributed by atoms with Gasteiger partial charge in [-0.25, -0.2) is 4.98 Å². The van der Waals surface area contributed by atoms with Gasteiger partial charge in [-0.1, -0.05) is 42.3 Å². The van der Waals surface area contributed by atoms with E-state index in [0.29, 0.717) is 18.5 Å². The molecular formula is C25H28N2O3S2. The molecule has 1 saturated carbocycles. The van der Waals surface area contributed by atoms with Crippen molar-refractivity contribution in [2.75, 3.05) is 5.32 Å². The minimum atomic E-state index is -0.872. The zero-order valence-electron chi connectivity index (χ0n) is 18.6. The number of thioether (sulfide) groups is 1. The molecule has 0 spiro atoms. The Kier molecular flexibility index (Phi) is 6.86. The first-order valence-corrected chi connectivity index (χ1v) is 12.8. The van der Waals surface area contributed by atoms with Gasteiger partial charge in [0.2, 0.25) is 5.91 Å². The highest BCUT2D eigenvalue weighted by molar-refractivity contribution is 8.00. The fourth-order valence-electron chi connectivity index (χ4n) is 4.59. The lowest BCUT2D eigenvalue weighted by atomic mass is 9.78. The number of aromatic nitrogens is 1. The lowest BCUT2D eigenvalue weighted by molar-refractivity contribution is -0.147. The van der Waals surface area contributed by atoms with Gasteiger partial charge in [0.05, 0.1) is 22.1 Å². The van der Waals surface area contributed by atoms with Crippen LogP contribution in [0.4, 0.5) is 5.69 Å². The molecule has 2 atom stereocenters. The molecule has 1 fully saturated rings. The maximum atomic E-state index is 12.8. The summed E-state index contributed by atoms with van der Waals surface area (Å²) in [4.78, 5) is 29.1. The van der Waals surface area contributed by atoms with Gasteiger partial charge in [0.25, 0.3) is 0 Å². The van der Waals surface area contributed by atoms with Crippen molar-refractivity contribution in [3.63, 3.8) is 0 Å². The number of carbonyl (C=O) groups excluding carboxylic acids is 1. The third kappa shape index (κ3) is 4.99. The highest BCUT2D eigenvalue weighted by atomic mass is 32.2. The van der Waals surface area contributed by atoms with Crippen LogP contribution in [0.2, 0.25) is 0 Å². The van der Waals surface area contributed by atoms with Crippen LogP contribution in [0.5, 0.6) is 0 Å². The van der Waals surface area contributed by atoms with Crippen molar-refractivity contribution in [1.29, 1.82) is 0 Å². The van der Waals surface area contributed by atoms with Crippen LogP contribution in [-0.4, -0.2) is 22.0 Å². The van der Waals surface area contributed by atoms with Crippen LogP contribution >= 0.6 is 23.1 Å². The molecule has 0 bridgehead atoms. The number of hydrogen-bond acceptors (Lipinski definition) is 5. The van der Waals surface area contributed by atoms with Gasteiger partial charge in [-0.15, -0.1) is 11.3 Å². The van der Waals surface area contributed by atoms with Crippen LogP contribution in [0, 0.1) is 32.6 Å². The molecule has 0 aliphatic heterocycles. The summed E-state index contributed by atoms with van der Waals surface area (Å²) in [5, 5.41) is 12.4. The average molecular weight is 469 g/mol. The monoisotopic (exact) mass is 468 g/mol. The third-order valence-electron chi connectivity index (χ3n) is 6.24. The number of hydrogen-bond donors (Lipinski definition) is 2. The molecule has 4 rings (SSSR count). The molecule has 1 amide bonds. The molecule has 3 aromatic rings. The lowest BCUT2D eigenvalue weighted by Gasteiger charge is -2.27. The van der Waals surface area contributed by atoms with Crippen molar-refractivity contribution >= 4 is 50.9 Å². The Balaban J connectivity index is 1.46. The molecule has 0 unspecified atom stereocenters. The Bertz CT molecular complexity index is 1150. The largest absolute Gasteiger partial charge is 0.481 e. The topological polar surface area (TPSA) is 79.3 Å². The second-order valence-electron chi connectivity index (χ2n) is 8.65. The molecule has 5 nitrogen and oxygen atoms in total. The number of aryl methyl sites for hydroxylation is 3. The minimum absolute atomic E-state index is 0.194. The second-order valence-corrected chi connectivity index (χ2v) is 10.9. The number of fused-ring (bicyclic) bond motifs is 1. The minimum Gasteiger partial charge on any atom is -0.481 e. The zero-order chi connectivity index (χ0) is 22.8. The number of nitrogens with one attached hydrogen (secondary N) is 1. The van der Waals surface area contributed by atoms with Gasteiger partial charge in [-0.05, 0) is 68.5 Å². The smallest absolute Gasteiger partial charge is 0.307 e. The van der Waals surface area contributed by atoms with Crippen molar-refractivity contribution in [1.82, 2.24) is 4.98 Å². The Morgan fingerprint density at radius 3 is 2.47 bits per heavy atom. The van der Waals surface area contributed by atoms with Crippen LogP contribution in [0.3, 0.4) is 0 Å². The van der Waals surface area contributed by atoms with Crippen molar-refractivity contribution in [3.05, 3.63) is 52.6 Å². The quantitative estimate of drug-likeness (QED) is 0.413.